The molecule has 154 valence electrons. The molecule has 2 amide bonds. The van der Waals surface area contributed by atoms with Crippen molar-refractivity contribution in [2.75, 3.05) is 11.4 Å². The number of benzene rings is 1. The lowest BCUT2D eigenvalue weighted by atomic mass is 9.65. The standard InChI is InChI=1S/C22H24F3N3O/c1-15-12-18(22(23,24)25)26-13-17(15)28-14-21(27-19(28)29)10-8-20(2,9-11-21)16-6-4-3-5-7-16/h3-7,12-13H,8-11,14H2,1-2H3,(H,27,29)/t20-,21-. The number of aromatic nitrogens is 1. The van der Waals surface area contributed by atoms with E-state index < -0.39 is 11.9 Å². The monoisotopic (exact) mass is 403 g/mol. The largest absolute Gasteiger partial charge is 0.433 e. The SMILES string of the molecule is Cc1cc(C(F)(F)F)ncc1N1C[C@]2(CC[C@@](C)(c3ccccc3)CC2)NC1=O. The third kappa shape index (κ3) is 3.58. The Kier molecular flexibility index (Phi) is 4.59. The lowest BCUT2D eigenvalue weighted by Crippen LogP contribution is -2.49. The van der Waals surface area contributed by atoms with Gasteiger partial charge in [0, 0.05) is 0 Å². The number of aryl methyl sites for hydroxylation is 1. The number of alkyl halides is 3. The Balaban J connectivity index is 1.52. The summed E-state index contributed by atoms with van der Waals surface area (Å²) < 4.78 is 38.7. The fourth-order valence-electron chi connectivity index (χ4n) is 4.58. The van der Waals surface area contributed by atoms with Gasteiger partial charge in [0.05, 0.1) is 24.0 Å². The van der Waals surface area contributed by atoms with Crippen molar-refractivity contribution in [1.29, 1.82) is 0 Å². The van der Waals surface area contributed by atoms with Crippen LogP contribution in [0.5, 0.6) is 0 Å². The number of urea groups is 1. The van der Waals surface area contributed by atoms with Gasteiger partial charge in [0.2, 0.25) is 0 Å². The molecule has 2 fully saturated rings. The van der Waals surface area contributed by atoms with Gasteiger partial charge in [0.25, 0.3) is 0 Å². The van der Waals surface area contributed by atoms with E-state index in [1.807, 2.05) is 18.2 Å². The highest BCUT2D eigenvalue weighted by atomic mass is 19.4. The predicted octanol–water partition coefficient (Wildman–Crippen LogP) is 5.21. The average molecular weight is 403 g/mol. The van der Waals surface area contributed by atoms with Gasteiger partial charge in [0.15, 0.2) is 0 Å². The summed E-state index contributed by atoms with van der Waals surface area (Å²) in [6, 6.07) is 11.1. The lowest BCUT2D eigenvalue weighted by molar-refractivity contribution is -0.141. The highest BCUT2D eigenvalue weighted by Crippen LogP contribution is 2.45. The van der Waals surface area contributed by atoms with Crippen molar-refractivity contribution in [2.24, 2.45) is 0 Å². The molecule has 0 atom stereocenters. The van der Waals surface area contributed by atoms with E-state index in [1.54, 1.807) is 6.92 Å². The van der Waals surface area contributed by atoms with Gasteiger partial charge in [-0.3, -0.25) is 4.90 Å². The molecule has 4 nitrogen and oxygen atoms in total. The van der Waals surface area contributed by atoms with Crippen LogP contribution in [0.2, 0.25) is 0 Å². The van der Waals surface area contributed by atoms with Crippen LogP contribution < -0.4 is 10.2 Å². The molecule has 2 aliphatic rings. The van der Waals surface area contributed by atoms with Gasteiger partial charge in [-0.1, -0.05) is 37.3 Å². The second-order valence-electron chi connectivity index (χ2n) is 8.58. The summed E-state index contributed by atoms with van der Waals surface area (Å²) in [4.78, 5) is 17.8. The van der Waals surface area contributed by atoms with Gasteiger partial charge in [-0.25, -0.2) is 9.78 Å². The molecular formula is C22H24F3N3O. The summed E-state index contributed by atoms with van der Waals surface area (Å²) >= 11 is 0. The van der Waals surface area contributed by atoms with Crippen molar-refractivity contribution in [3.05, 3.63) is 59.4 Å². The molecule has 1 N–H and O–H groups in total. The zero-order valence-corrected chi connectivity index (χ0v) is 16.5. The normalized spacial score (nSPS) is 27.3. The van der Waals surface area contributed by atoms with Crippen molar-refractivity contribution in [1.82, 2.24) is 10.3 Å². The molecule has 0 unspecified atom stereocenters. The number of carbonyl (C=O) groups excluding carboxylic acids is 1. The van der Waals surface area contributed by atoms with Gasteiger partial charge in [-0.2, -0.15) is 13.2 Å². The molecule has 1 saturated carbocycles. The summed E-state index contributed by atoms with van der Waals surface area (Å²) in [7, 11) is 0. The number of hydrogen-bond donors (Lipinski definition) is 1. The van der Waals surface area contributed by atoms with Gasteiger partial charge in [-0.15, -0.1) is 0 Å². The van der Waals surface area contributed by atoms with Crippen molar-refractivity contribution in [2.45, 2.75) is 56.7 Å². The van der Waals surface area contributed by atoms with Crippen molar-refractivity contribution in [3.63, 3.8) is 0 Å². The summed E-state index contributed by atoms with van der Waals surface area (Å²) in [6.45, 7) is 4.29. The van der Waals surface area contributed by atoms with Gasteiger partial charge >= 0.3 is 12.2 Å². The first-order chi connectivity index (χ1) is 13.6. The maximum atomic E-state index is 12.9. The average Bonchev–Trinajstić information content (AvgIpc) is 3.00. The Bertz CT molecular complexity index is 919. The summed E-state index contributed by atoms with van der Waals surface area (Å²) in [5.41, 5.74) is 0.910. The molecule has 1 aliphatic carbocycles. The fourth-order valence-corrected chi connectivity index (χ4v) is 4.58. The molecule has 1 aromatic carbocycles. The Morgan fingerprint density at radius 3 is 2.34 bits per heavy atom. The molecule has 4 rings (SSSR count). The second-order valence-corrected chi connectivity index (χ2v) is 8.58. The van der Waals surface area contributed by atoms with Crippen LogP contribution in [0.4, 0.5) is 23.7 Å². The first-order valence-corrected chi connectivity index (χ1v) is 9.81. The van der Waals surface area contributed by atoms with Crippen LogP contribution in [0, 0.1) is 6.92 Å². The highest BCUT2D eigenvalue weighted by molar-refractivity contribution is 5.95. The molecule has 1 saturated heterocycles. The van der Waals surface area contributed by atoms with Crippen LogP contribution in [0.3, 0.4) is 0 Å². The minimum absolute atomic E-state index is 0.0660. The predicted molar refractivity (Wildman–Crippen MR) is 105 cm³/mol. The Hall–Kier alpha value is -2.57. The highest BCUT2D eigenvalue weighted by Gasteiger charge is 2.48. The number of amides is 2. The van der Waals surface area contributed by atoms with Gasteiger partial charge < -0.3 is 5.32 Å². The first-order valence-electron chi connectivity index (χ1n) is 9.81. The van der Waals surface area contributed by atoms with E-state index >= 15 is 0 Å². The molecule has 2 heterocycles. The third-order valence-corrected chi connectivity index (χ3v) is 6.52. The van der Waals surface area contributed by atoms with E-state index in [0.717, 1.165) is 37.9 Å². The molecular weight excluding hydrogens is 379 g/mol. The molecule has 1 aromatic heterocycles. The van der Waals surface area contributed by atoms with E-state index in [2.05, 4.69) is 29.4 Å². The number of anilines is 1. The molecule has 0 radical (unpaired) electrons. The van der Waals surface area contributed by atoms with E-state index in [1.165, 1.54) is 10.5 Å². The quantitative estimate of drug-likeness (QED) is 0.748. The van der Waals surface area contributed by atoms with E-state index in [4.69, 9.17) is 0 Å². The zero-order valence-electron chi connectivity index (χ0n) is 16.5. The maximum Gasteiger partial charge on any atom is 0.433 e. The molecule has 29 heavy (non-hydrogen) atoms. The van der Waals surface area contributed by atoms with Crippen LogP contribution in [0.1, 0.15) is 49.4 Å². The fraction of sp³-hybridized carbons (Fsp3) is 0.455. The van der Waals surface area contributed by atoms with Gasteiger partial charge in [0.1, 0.15) is 5.69 Å². The molecule has 0 bridgehead atoms. The maximum absolute atomic E-state index is 12.9. The number of nitrogens with zero attached hydrogens (tertiary/aromatic N) is 2. The van der Waals surface area contributed by atoms with Crippen LogP contribution in [-0.2, 0) is 11.6 Å². The molecule has 2 aromatic rings. The smallest absolute Gasteiger partial charge is 0.330 e. The number of carbonyl (C=O) groups is 1. The Labute approximate surface area is 168 Å². The second kappa shape index (κ2) is 6.75. The Morgan fingerprint density at radius 2 is 1.76 bits per heavy atom. The minimum atomic E-state index is -4.50. The van der Waals surface area contributed by atoms with E-state index in [9.17, 15) is 18.0 Å². The van der Waals surface area contributed by atoms with Crippen molar-refractivity contribution >= 4 is 11.7 Å². The molecule has 1 aliphatic heterocycles. The molecule has 7 heteroatoms. The van der Waals surface area contributed by atoms with Gasteiger partial charge in [-0.05, 0) is 55.2 Å². The first kappa shape index (κ1) is 19.7. The van der Waals surface area contributed by atoms with Crippen LogP contribution in [0.25, 0.3) is 0 Å². The number of halogens is 3. The molecule has 1 spiro atoms. The number of hydrogen-bond acceptors (Lipinski definition) is 2. The number of pyridine rings is 1. The van der Waals surface area contributed by atoms with Crippen molar-refractivity contribution in [3.8, 4) is 0 Å². The van der Waals surface area contributed by atoms with E-state index in [-0.39, 0.29) is 17.0 Å². The van der Waals surface area contributed by atoms with E-state index in [0.29, 0.717) is 17.8 Å². The number of rotatable bonds is 2. The van der Waals surface area contributed by atoms with Crippen molar-refractivity contribution < 1.29 is 18.0 Å². The minimum Gasteiger partial charge on any atom is -0.330 e. The third-order valence-electron chi connectivity index (χ3n) is 6.52. The van der Waals surface area contributed by atoms with Crippen LogP contribution in [0.15, 0.2) is 42.6 Å². The summed E-state index contributed by atoms with van der Waals surface area (Å²) in [5.74, 6) is 0. The topological polar surface area (TPSA) is 45.2 Å². The lowest BCUT2D eigenvalue weighted by Gasteiger charge is -2.43. The summed E-state index contributed by atoms with van der Waals surface area (Å²) in [6.07, 6.45) is 0.197. The summed E-state index contributed by atoms with van der Waals surface area (Å²) in [5, 5.41) is 3.12. The van der Waals surface area contributed by atoms with Crippen LogP contribution >= 0.6 is 0 Å². The number of nitrogens with one attached hydrogen (secondary N) is 1. The van der Waals surface area contributed by atoms with Crippen LogP contribution in [-0.4, -0.2) is 23.1 Å². The Morgan fingerprint density at radius 1 is 1.10 bits per heavy atom. The zero-order chi connectivity index (χ0) is 20.9.